The first-order chi connectivity index (χ1) is 12.8. The van der Waals surface area contributed by atoms with Crippen molar-refractivity contribution in [3.63, 3.8) is 0 Å². The van der Waals surface area contributed by atoms with Gasteiger partial charge in [0.25, 0.3) is 5.91 Å². The summed E-state index contributed by atoms with van der Waals surface area (Å²) in [5.41, 5.74) is 5.32. The maximum atomic E-state index is 12.6. The van der Waals surface area contributed by atoms with E-state index >= 15 is 0 Å². The van der Waals surface area contributed by atoms with Gasteiger partial charge in [0.15, 0.2) is 8.76 Å². The smallest absolute Gasteiger partial charge is 0.256 e. The van der Waals surface area contributed by atoms with Gasteiger partial charge in [0.2, 0.25) is 0 Å². The highest BCUT2D eigenvalue weighted by atomic mass is 127. The normalized spacial score (nSPS) is 14.9. The summed E-state index contributed by atoms with van der Waals surface area (Å²) < 4.78 is 0.956. The van der Waals surface area contributed by atoms with Gasteiger partial charge in [-0.05, 0) is 64.9 Å². The average Bonchev–Trinajstić information content (AvgIpc) is 3.20. The second kappa shape index (κ2) is 7.09. The summed E-state index contributed by atoms with van der Waals surface area (Å²) in [7, 11) is 0. The number of fused-ring (bicyclic) bond motifs is 1. The zero-order valence-electron chi connectivity index (χ0n) is 13.8. The van der Waals surface area contributed by atoms with Crippen LogP contribution in [0, 0.1) is 3.01 Å². The van der Waals surface area contributed by atoms with Crippen molar-refractivity contribution >= 4 is 79.9 Å². The van der Waals surface area contributed by atoms with Gasteiger partial charge in [0, 0.05) is 22.2 Å². The van der Waals surface area contributed by atoms with Crippen LogP contribution in [0.1, 0.15) is 18.1 Å². The van der Waals surface area contributed by atoms with Gasteiger partial charge in [-0.1, -0.05) is 29.3 Å². The summed E-state index contributed by atoms with van der Waals surface area (Å²) in [6, 6.07) is 8.98. The molecule has 0 spiro atoms. The maximum absolute atomic E-state index is 12.6. The molecule has 4 rings (SSSR count). The Morgan fingerprint density at radius 2 is 1.93 bits per heavy atom. The van der Waals surface area contributed by atoms with Crippen molar-refractivity contribution in [1.29, 1.82) is 0 Å². The van der Waals surface area contributed by atoms with Crippen LogP contribution in [0.15, 0.2) is 35.7 Å². The number of phenols is 1. The third-order valence-corrected chi connectivity index (χ3v) is 6.57. The molecule has 1 amide bonds. The molecule has 0 radical (unpaired) electrons. The van der Waals surface area contributed by atoms with E-state index in [9.17, 15) is 9.90 Å². The summed E-state index contributed by atoms with van der Waals surface area (Å²) in [6.45, 7) is 1.83. The van der Waals surface area contributed by atoms with Crippen molar-refractivity contribution in [3.8, 4) is 17.0 Å². The Labute approximate surface area is 183 Å². The van der Waals surface area contributed by atoms with E-state index in [0.29, 0.717) is 11.1 Å². The number of phenolic OH excluding ortho intramolecular Hbond substituents is 1. The summed E-state index contributed by atoms with van der Waals surface area (Å²) in [4.78, 5) is 17.1. The molecular formula is C19H11Cl2IN2O2S. The molecule has 8 heteroatoms. The lowest BCUT2D eigenvalue weighted by molar-refractivity contribution is -0.110. The zero-order valence-corrected chi connectivity index (χ0v) is 18.3. The summed E-state index contributed by atoms with van der Waals surface area (Å²) in [5, 5.41) is 14.9. The number of aromatic nitrogens is 1. The first-order valence-electron chi connectivity index (χ1n) is 7.81. The third-order valence-electron chi connectivity index (χ3n) is 4.36. The molecule has 27 heavy (non-hydrogen) atoms. The maximum Gasteiger partial charge on any atom is 0.256 e. The molecule has 1 aliphatic rings. The second-order valence-corrected chi connectivity index (χ2v) is 9.41. The second-order valence-electron chi connectivity index (χ2n) is 5.99. The zero-order chi connectivity index (χ0) is 19.3. The highest BCUT2D eigenvalue weighted by Gasteiger charge is 2.27. The van der Waals surface area contributed by atoms with E-state index in [1.807, 2.05) is 30.5 Å². The number of anilines is 1. The number of thiazole rings is 1. The number of nitrogens with one attached hydrogen (secondary N) is 1. The van der Waals surface area contributed by atoms with Gasteiger partial charge < -0.3 is 10.4 Å². The Balaban J connectivity index is 1.88. The van der Waals surface area contributed by atoms with Crippen LogP contribution in [0.4, 0.5) is 5.69 Å². The van der Waals surface area contributed by atoms with Crippen LogP contribution in [0.2, 0.25) is 10.0 Å². The minimum atomic E-state index is -0.187. The highest BCUT2D eigenvalue weighted by Crippen LogP contribution is 2.41. The van der Waals surface area contributed by atoms with Crippen molar-refractivity contribution in [2.45, 2.75) is 6.92 Å². The number of hydrogen-bond acceptors (Lipinski definition) is 4. The van der Waals surface area contributed by atoms with Gasteiger partial charge in [-0.25, -0.2) is 4.98 Å². The standard InChI is InChI=1S/C19H11Cl2IN2O2S/c1-8(10-5-12(20)17(25)13(21)6-10)16-11-4-9(15-7-27-19(22)24-15)2-3-14(11)23-18(16)26/h2-7,25H,1H3,(H,23,26)/b16-8-. The van der Waals surface area contributed by atoms with Gasteiger partial charge in [-0.15, -0.1) is 11.3 Å². The van der Waals surface area contributed by atoms with E-state index in [-0.39, 0.29) is 21.7 Å². The van der Waals surface area contributed by atoms with Crippen molar-refractivity contribution in [2.24, 2.45) is 0 Å². The number of aromatic hydroxyl groups is 1. The van der Waals surface area contributed by atoms with Crippen LogP contribution in [0.25, 0.3) is 22.4 Å². The molecule has 0 fully saturated rings. The Morgan fingerprint density at radius 1 is 1.22 bits per heavy atom. The van der Waals surface area contributed by atoms with Crippen LogP contribution >= 0.6 is 57.1 Å². The monoisotopic (exact) mass is 528 g/mol. The lowest BCUT2D eigenvalue weighted by Gasteiger charge is -2.09. The van der Waals surface area contributed by atoms with E-state index in [2.05, 4.69) is 32.9 Å². The SMILES string of the molecule is C/C(=C1/C(=O)Nc2ccc(-c3csc(I)n3)cc21)c1cc(Cl)c(O)c(Cl)c1. The molecule has 1 aromatic heterocycles. The van der Waals surface area contributed by atoms with Gasteiger partial charge in [-0.3, -0.25) is 4.79 Å². The number of carbonyl (C=O) groups excluding carboxylic acids is 1. The van der Waals surface area contributed by atoms with Gasteiger partial charge in [0.1, 0.15) is 0 Å². The first-order valence-corrected chi connectivity index (χ1v) is 10.5. The predicted octanol–water partition coefficient (Wildman–Crippen LogP) is 6.31. The average molecular weight is 529 g/mol. The fourth-order valence-corrected chi connectivity index (χ4v) is 4.69. The Bertz CT molecular complexity index is 1120. The fraction of sp³-hybridized carbons (Fsp3) is 0.0526. The van der Waals surface area contributed by atoms with E-state index in [4.69, 9.17) is 23.2 Å². The molecule has 4 nitrogen and oxygen atoms in total. The molecule has 2 N–H and O–H groups in total. The molecule has 0 bridgehead atoms. The Kier molecular flexibility index (Phi) is 4.92. The number of hydrogen-bond donors (Lipinski definition) is 2. The molecule has 0 saturated carbocycles. The van der Waals surface area contributed by atoms with Crippen LogP contribution < -0.4 is 5.32 Å². The lowest BCUT2D eigenvalue weighted by Crippen LogP contribution is -2.05. The number of allylic oxidation sites excluding steroid dienone is 1. The van der Waals surface area contributed by atoms with Gasteiger partial charge in [-0.2, -0.15) is 0 Å². The third kappa shape index (κ3) is 3.35. The summed E-state index contributed by atoms with van der Waals surface area (Å²) in [6.07, 6.45) is 0. The number of nitrogens with zero attached hydrogens (tertiary/aromatic N) is 1. The molecule has 2 heterocycles. The Hall–Kier alpha value is -1.61. The molecule has 1 aliphatic heterocycles. The van der Waals surface area contributed by atoms with Crippen molar-refractivity contribution in [2.75, 3.05) is 5.32 Å². The molecule has 0 saturated heterocycles. The molecule has 0 aliphatic carbocycles. The lowest BCUT2D eigenvalue weighted by atomic mass is 9.95. The van der Waals surface area contributed by atoms with Gasteiger partial charge >= 0.3 is 0 Å². The van der Waals surface area contributed by atoms with Gasteiger partial charge in [0.05, 0.1) is 21.3 Å². The number of amides is 1. The molecule has 0 unspecified atom stereocenters. The first kappa shape index (κ1) is 18.7. The van der Waals surface area contributed by atoms with E-state index in [1.165, 1.54) is 0 Å². The van der Waals surface area contributed by atoms with E-state index in [1.54, 1.807) is 23.5 Å². The fourth-order valence-electron chi connectivity index (χ4n) is 3.01. The molecule has 3 aromatic rings. The number of benzene rings is 2. The van der Waals surface area contributed by atoms with Crippen molar-refractivity contribution < 1.29 is 9.90 Å². The quantitative estimate of drug-likeness (QED) is 0.302. The molecular weight excluding hydrogens is 518 g/mol. The number of halogens is 3. The minimum absolute atomic E-state index is 0.141. The van der Waals surface area contributed by atoms with Crippen molar-refractivity contribution in [3.05, 3.63) is 59.9 Å². The number of carbonyl (C=O) groups is 1. The van der Waals surface area contributed by atoms with Crippen LogP contribution in [0.5, 0.6) is 5.75 Å². The number of rotatable bonds is 2. The van der Waals surface area contributed by atoms with E-state index in [0.717, 1.165) is 31.1 Å². The van der Waals surface area contributed by atoms with Crippen LogP contribution in [-0.2, 0) is 4.79 Å². The van der Waals surface area contributed by atoms with Crippen LogP contribution in [0.3, 0.4) is 0 Å². The molecule has 136 valence electrons. The van der Waals surface area contributed by atoms with E-state index < -0.39 is 0 Å². The predicted molar refractivity (Wildman–Crippen MR) is 120 cm³/mol. The highest BCUT2D eigenvalue weighted by molar-refractivity contribution is 14.1. The minimum Gasteiger partial charge on any atom is -0.505 e. The summed E-state index contributed by atoms with van der Waals surface area (Å²) >= 11 is 15.9. The summed E-state index contributed by atoms with van der Waals surface area (Å²) in [5.74, 6) is -0.357. The molecule has 2 aromatic carbocycles. The molecule has 0 atom stereocenters. The largest absolute Gasteiger partial charge is 0.505 e. The topological polar surface area (TPSA) is 62.2 Å². The van der Waals surface area contributed by atoms with Crippen LogP contribution in [-0.4, -0.2) is 16.0 Å². The Morgan fingerprint density at radius 3 is 2.56 bits per heavy atom. The van der Waals surface area contributed by atoms with Crippen molar-refractivity contribution in [1.82, 2.24) is 4.98 Å².